The quantitative estimate of drug-likeness (QED) is 0.830. The van der Waals surface area contributed by atoms with Crippen LogP contribution in [0.2, 0.25) is 0 Å². The highest BCUT2D eigenvalue weighted by atomic mass is 16.4. The van der Waals surface area contributed by atoms with E-state index in [1.807, 2.05) is 4.90 Å². The molecule has 2 heterocycles. The Bertz CT molecular complexity index is 640. The van der Waals surface area contributed by atoms with Gasteiger partial charge in [0.15, 0.2) is 0 Å². The number of aromatic nitrogens is 3. The predicted molar refractivity (Wildman–Crippen MR) is 88.5 cm³/mol. The van der Waals surface area contributed by atoms with Gasteiger partial charge in [-0.1, -0.05) is 18.1 Å². The molecule has 1 aliphatic heterocycles. The van der Waals surface area contributed by atoms with Gasteiger partial charge in [-0.2, -0.15) is 0 Å². The van der Waals surface area contributed by atoms with E-state index in [4.69, 9.17) is 0 Å². The molecular weight excluding hydrogens is 324 g/mol. The number of aliphatic hydroxyl groups is 1. The number of rotatable bonds is 5. The lowest BCUT2D eigenvalue weighted by Crippen LogP contribution is -2.57. The van der Waals surface area contributed by atoms with E-state index in [1.165, 1.54) is 4.68 Å². The third kappa shape index (κ3) is 3.68. The number of aliphatic carboxylic acids is 1. The fraction of sp³-hybridized carbons (Fsp3) is 0.765. The zero-order chi connectivity index (χ0) is 18.0. The van der Waals surface area contributed by atoms with Crippen LogP contribution in [0.25, 0.3) is 0 Å². The molecule has 1 saturated carbocycles. The minimum absolute atomic E-state index is 0.00152. The maximum absolute atomic E-state index is 12.9. The third-order valence-corrected chi connectivity index (χ3v) is 5.66. The highest BCUT2D eigenvalue weighted by molar-refractivity contribution is 5.77. The first-order chi connectivity index (χ1) is 11.9. The number of likely N-dealkylation sites (tertiary alicyclic amines) is 1. The zero-order valence-corrected chi connectivity index (χ0v) is 14.6. The molecule has 138 valence electrons. The molecule has 0 aromatic carbocycles. The Hall–Kier alpha value is -1.96. The topological polar surface area (TPSA) is 109 Å². The Morgan fingerprint density at radius 1 is 1.36 bits per heavy atom. The fourth-order valence-electron chi connectivity index (χ4n) is 4.53. The number of amides is 1. The third-order valence-electron chi connectivity index (χ3n) is 5.66. The van der Waals surface area contributed by atoms with Crippen LogP contribution < -0.4 is 0 Å². The Morgan fingerprint density at radius 2 is 2.12 bits per heavy atom. The molecule has 1 saturated heterocycles. The molecule has 1 aromatic rings. The van der Waals surface area contributed by atoms with Crippen molar-refractivity contribution in [2.75, 3.05) is 6.54 Å². The number of piperidine rings is 1. The lowest BCUT2D eigenvalue weighted by Gasteiger charge is -2.52. The van der Waals surface area contributed by atoms with Gasteiger partial charge in [-0.15, -0.1) is 5.10 Å². The lowest BCUT2D eigenvalue weighted by atomic mass is 9.63. The standard InChI is InChI=1S/C17H26N4O4/c1-12(22)13-10-20(19-18-13)11-15(23)21-8-4-7-17(9-16(24)25)6-3-2-5-14(17)21/h10,12,14,22H,2-9,11H2,1H3,(H,24,25)/t12-,14-,17+/m0/s1. The number of hydrogen-bond acceptors (Lipinski definition) is 5. The summed E-state index contributed by atoms with van der Waals surface area (Å²) in [6, 6.07) is -0.00152. The van der Waals surface area contributed by atoms with Crippen molar-refractivity contribution in [2.24, 2.45) is 5.41 Å². The van der Waals surface area contributed by atoms with Crippen LogP contribution in [0.15, 0.2) is 6.20 Å². The Balaban J connectivity index is 1.75. The second kappa shape index (κ2) is 7.11. The molecule has 3 rings (SSSR count). The van der Waals surface area contributed by atoms with Gasteiger partial charge in [0.1, 0.15) is 12.2 Å². The van der Waals surface area contributed by atoms with Crippen molar-refractivity contribution in [1.82, 2.24) is 19.9 Å². The first kappa shape index (κ1) is 17.8. The number of hydrogen-bond donors (Lipinski definition) is 2. The Labute approximate surface area is 146 Å². The van der Waals surface area contributed by atoms with Crippen molar-refractivity contribution in [1.29, 1.82) is 0 Å². The summed E-state index contributed by atoms with van der Waals surface area (Å²) >= 11 is 0. The molecule has 1 amide bonds. The van der Waals surface area contributed by atoms with E-state index in [0.717, 1.165) is 38.5 Å². The number of carboxylic acids is 1. The molecule has 8 nitrogen and oxygen atoms in total. The second-order valence-electron chi connectivity index (χ2n) is 7.40. The first-order valence-corrected chi connectivity index (χ1v) is 9.01. The minimum Gasteiger partial charge on any atom is -0.481 e. The predicted octanol–water partition coefficient (Wildman–Crippen LogP) is 1.36. The van der Waals surface area contributed by atoms with Crippen LogP contribution in [0.4, 0.5) is 0 Å². The highest BCUT2D eigenvalue weighted by Crippen LogP contribution is 2.48. The van der Waals surface area contributed by atoms with Gasteiger partial charge in [0.25, 0.3) is 0 Å². The zero-order valence-electron chi connectivity index (χ0n) is 14.6. The molecule has 3 atom stereocenters. The number of fused-ring (bicyclic) bond motifs is 1. The number of nitrogens with zero attached hydrogens (tertiary/aromatic N) is 4. The molecule has 2 aliphatic rings. The SMILES string of the molecule is C[C@H](O)c1cn(CC(=O)N2CCC[C@@]3(CC(=O)O)CCCC[C@H]23)nn1. The number of carbonyl (C=O) groups is 2. The largest absolute Gasteiger partial charge is 0.481 e. The van der Waals surface area contributed by atoms with Crippen molar-refractivity contribution in [3.63, 3.8) is 0 Å². The van der Waals surface area contributed by atoms with Crippen LogP contribution >= 0.6 is 0 Å². The normalized spacial score (nSPS) is 27.6. The molecule has 0 radical (unpaired) electrons. The van der Waals surface area contributed by atoms with Crippen LogP contribution in [0.5, 0.6) is 0 Å². The van der Waals surface area contributed by atoms with E-state index in [0.29, 0.717) is 12.2 Å². The van der Waals surface area contributed by atoms with Crippen molar-refractivity contribution in [2.45, 2.75) is 70.6 Å². The summed E-state index contributed by atoms with van der Waals surface area (Å²) in [5, 5.41) is 26.7. The molecule has 8 heteroatoms. The molecule has 0 bridgehead atoms. The summed E-state index contributed by atoms with van der Waals surface area (Å²) in [5.41, 5.74) is 0.148. The first-order valence-electron chi connectivity index (χ1n) is 9.01. The Kier molecular flexibility index (Phi) is 5.08. The summed E-state index contributed by atoms with van der Waals surface area (Å²) in [6.45, 7) is 2.34. The summed E-state index contributed by atoms with van der Waals surface area (Å²) in [7, 11) is 0. The summed E-state index contributed by atoms with van der Waals surface area (Å²) in [4.78, 5) is 26.1. The maximum Gasteiger partial charge on any atom is 0.303 e. The van der Waals surface area contributed by atoms with Crippen LogP contribution in [0.1, 0.15) is 63.7 Å². The second-order valence-corrected chi connectivity index (χ2v) is 7.40. The van der Waals surface area contributed by atoms with Crippen LogP contribution in [-0.2, 0) is 16.1 Å². The van der Waals surface area contributed by atoms with E-state index in [-0.39, 0.29) is 30.3 Å². The van der Waals surface area contributed by atoms with Gasteiger partial charge in [-0.3, -0.25) is 9.59 Å². The van der Waals surface area contributed by atoms with Crippen LogP contribution in [0.3, 0.4) is 0 Å². The van der Waals surface area contributed by atoms with E-state index in [2.05, 4.69) is 10.3 Å². The van der Waals surface area contributed by atoms with Crippen LogP contribution in [-0.4, -0.2) is 54.6 Å². The van der Waals surface area contributed by atoms with Crippen molar-refractivity contribution in [3.8, 4) is 0 Å². The molecule has 1 aliphatic carbocycles. The van der Waals surface area contributed by atoms with Crippen molar-refractivity contribution < 1.29 is 19.8 Å². The van der Waals surface area contributed by atoms with Crippen LogP contribution in [0, 0.1) is 5.41 Å². The Morgan fingerprint density at radius 3 is 2.80 bits per heavy atom. The fourth-order valence-corrected chi connectivity index (χ4v) is 4.53. The van der Waals surface area contributed by atoms with Gasteiger partial charge in [-0.25, -0.2) is 4.68 Å². The summed E-state index contributed by atoms with van der Waals surface area (Å²) < 4.78 is 1.45. The molecule has 0 unspecified atom stereocenters. The van der Waals surface area contributed by atoms with E-state index in [1.54, 1.807) is 13.1 Å². The van der Waals surface area contributed by atoms with Gasteiger partial charge in [0.2, 0.25) is 5.91 Å². The van der Waals surface area contributed by atoms with Crippen molar-refractivity contribution in [3.05, 3.63) is 11.9 Å². The number of aliphatic hydroxyl groups excluding tert-OH is 1. The minimum atomic E-state index is -0.779. The average molecular weight is 350 g/mol. The average Bonchev–Trinajstić information content (AvgIpc) is 3.02. The van der Waals surface area contributed by atoms with Gasteiger partial charge in [0, 0.05) is 18.0 Å². The summed E-state index contributed by atoms with van der Waals surface area (Å²) in [6.07, 6.45) is 6.53. The van der Waals surface area contributed by atoms with Gasteiger partial charge >= 0.3 is 5.97 Å². The number of carboxylic acid groups (broad SMARTS) is 1. The van der Waals surface area contributed by atoms with Gasteiger partial charge < -0.3 is 15.1 Å². The smallest absolute Gasteiger partial charge is 0.303 e. The van der Waals surface area contributed by atoms with Gasteiger partial charge in [0.05, 0.1) is 18.7 Å². The van der Waals surface area contributed by atoms with Crippen molar-refractivity contribution >= 4 is 11.9 Å². The maximum atomic E-state index is 12.9. The molecular formula is C17H26N4O4. The summed E-state index contributed by atoms with van der Waals surface area (Å²) in [5.74, 6) is -0.831. The molecule has 2 N–H and O–H groups in total. The molecule has 2 fully saturated rings. The number of carbonyl (C=O) groups excluding carboxylic acids is 1. The molecule has 0 spiro atoms. The molecule has 1 aromatic heterocycles. The lowest BCUT2D eigenvalue weighted by molar-refractivity contribution is -0.151. The highest BCUT2D eigenvalue weighted by Gasteiger charge is 2.48. The van der Waals surface area contributed by atoms with E-state index in [9.17, 15) is 19.8 Å². The monoisotopic (exact) mass is 350 g/mol. The van der Waals surface area contributed by atoms with E-state index < -0.39 is 12.1 Å². The van der Waals surface area contributed by atoms with Gasteiger partial charge in [-0.05, 0) is 32.6 Å². The molecule has 25 heavy (non-hydrogen) atoms. The van der Waals surface area contributed by atoms with E-state index >= 15 is 0 Å².